The van der Waals surface area contributed by atoms with Gasteiger partial charge in [0.05, 0.1) is 11.1 Å². The van der Waals surface area contributed by atoms with E-state index in [0.717, 1.165) is 40.0 Å². The van der Waals surface area contributed by atoms with Crippen molar-refractivity contribution in [3.63, 3.8) is 0 Å². The van der Waals surface area contributed by atoms with Gasteiger partial charge in [0.1, 0.15) is 0 Å². The lowest BCUT2D eigenvalue weighted by atomic mass is 9.70. The van der Waals surface area contributed by atoms with Crippen LogP contribution in [0.3, 0.4) is 0 Å². The first-order chi connectivity index (χ1) is 12.0. The maximum absolute atomic E-state index is 11.9. The minimum absolute atomic E-state index is 0.00805. The van der Waals surface area contributed by atoms with Crippen molar-refractivity contribution in [1.29, 1.82) is 0 Å². The van der Waals surface area contributed by atoms with Crippen LogP contribution in [0.15, 0.2) is 53.3 Å². The van der Waals surface area contributed by atoms with Crippen molar-refractivity contribution < 1.29 is 0 Å². The highest BCUT2D eigenvalue weighted by Crippen LogP contribution is 2.46. The largest absolute Gasteiger partial charge is 0.375 e. The van der Waals surface area contributed by atoms with Gasteiger partial charge in [-0.15, -0.1) is 0 Å². The highest BCUT2D eigenvalue weighted by molar-refractivity contribution is 6.31. The average molecular weight is 353 g/mol. The lowest BCUT2D eigenvalue weighted by Crippen LogP contribution is -2.42. The monoisotopic (exact) mass is 352 g/mol. The first-order valence-corrected chi connectivity index (χ1v) is 9.02. The minimum atomic E-state index is -0.0731. The van der Waals surface area contributed by atoms with E-state index in [1.54, 1.807) is 10.6 Å². The van der Waals surface area contributed by atoms with Gasteiger partial charge in [-0.05, 0) is 67.0 Å². The second-order valence-electron chi connectivity index (χ2n) is 6.98. The molecule has 0 atom stereocenters. The molecule has 4 rings (SSSR count). The zero-order chi connectivity index (χ0) is 17.6. The Hall–Kier alpha value is -2.26. The normalized spacial score (nSPS) is 15.8. The highest BCUT2D eigenvalue weighted by atomic mass is 35.5. The summed E-state index contributed by atoms with van der Waals surface area (Å²) in [5, 5.41) is 5.62. The molecule has 0 aliphatic heterocycles. The molecule has 2 aromatic carbocycles. The van der Waals surface area contributed by atoms with Crippen molar-refractivity contribution in [3.8, 4) is 0 Å². The van der Waals surface area contributed by atoms with Gasteiger partial charge in [-0.1, -0.05) is 29.8 Å². The van der Waals surface area contributed by atoms with Gasteiger partial charge in [0, 0.05) is 23.8 Å². The number of aromatic nitrogens is 1. The smallest absolute Gasteiger partial charge is 0.250 e. The number of pyridine rings is 1. The van der Waals surface area contributed by atoms with Gasteiger partial charge in [-0.3, -0.25) is 4.79 Å². The number of rotatable bonds is 3. The summed E-state index contributed by atoms with van der Waals surface area (Å²) in [5.74, 6) is 0. The van der Waals surface area contributed by atoms with Gasteiger partial charge in [0.25, 0.3) is 5.56 Å². The third-order valence-electron chi connectivity index (χ3n) is 5.50. The van der Waals surface area contributed by atoms with Gasteiger partial charge in [-0.25, -0.2) is 0 Å². The van der Waals surface area contributed by atoms with Gasteiger partial charge < -0.3 is 9.88 Å². The van der Waals surface area contributed by atoms with Gasteiger partial charge in [-0.2, -0.15) is 0 Å². The molecule has 0 saturated heterocycles. The van der Waals surface area contributed by atoms with E-state index < -0.39 is 0 Å². The Balaban J connectivity index is 1.77. The van der Waals surface area contributed by atoms with Crippen molar-refractivity contribution in [2.45, 2.75) is 31.7 Å². The predicted molar refractivity (Wildman–Crippen MR) is 105 cm³/mol. The van der Waals surface area contributed by atoms with E-state index in [0.29, 0.717) is 0 Å². The van der Waals surface area contributed by atoms with E-state index in [-0.39, 0.29) is 11.1 Å². The lowest BCUT2D eigenvalue weighted by Gasteiger charge is -2.45. The Kier molecular flexibility index (Phi) is 3.84. The quantitative estimate of drug-likeness (QED) is 0.720. The Morgan fingerprint density at radius 1 is 1.12 bits per heavy atom. The van der Waals surface area contributed by atoms with Crippen molar-refractivity contribution in [3.05, 3.63) is 75.0 Å². The summed E-state index contributed by atoms with van der Waals surface area (Å²) in [6.45, 7) is 2.09. The number of nitrogens with zero attached hydrogens (tertiary/aromatic N) is 1. The first-order valence-electron chi connectivity index (χ1n) is 8.64. The summed E-state index contributed by atoms with van der Waals surface area (Å²) in [7, 11) is 1.81. The third kappa shape index (κ3) is 2.63. The second-order valence-corrected chi connectivity index (χ2v) is 7.38. The summed E-state index contributed by atoms with van der Waals surface area (Å²) in [6, 6.07) is 15.8. The number of aryl methyl sites for hydroxylation is 1. The van der Waals surface area contributed by atoms with E-state index in [9.17, 15) is 4.79 Å². The number of benzene rings is 2. The highest BCUT2D eigenvalue weighted by Gasteiger charge is 2.39. The molecule has 3 aromatic rings. The van der Waals surface area contributed by atoms with Crippen molar-refractivity contribution in [1.82, 2.24) is 4.57 Å². The molecule has 128 valence electrons. The fraction of sp³-hybridized carbons (Fsp3) is 0.286. The zero-order valence-corrected chi connectivity index (χ0v) is 15.2. The van der Waals surface area contributed by atoms with Crippen LogP contribution in [0.1, 0.15) is 30.4 Å². The standard InChI is InChI=1S/C21H21ClN2O/c1-14-17(5-3-6-18(14)22)21(11-4-12-21)23-16-9-7-15-8-10-20(25)24(2)19(15)13-16/h3,5-10,13,23H,4,11-12H2,1-2H3. The topological polar surface area (TPSA) is 34.0 Å². The predicted octanol–water partition coefficient (Wildman–Crippen LogP) is 4.99. The van der Waals surface area contributed by atoms with E-state index in [4.69, 9.17) is 11.6 Å². The molecule has 4 heteroatoms. The van der Waals surface area contributed by atoms with Gasteiger partial charge in [0.15, 0.2) is 0 Å². The van der Waals surface area contributed by atoms with Crippen LogP contribution < -0.4 is 10.9 Å². The molecule has 3 nitrogen and oxygen atoms in total. The summed E-state index contributed by atoms with van der Waals surface area (Å²) in [5.41, 5.74) is 4.32. The molecule has 1 fully saturated rings. The second kappa shape index (κ2) is 5.92. The van der Waals surface area contributed by atoms with Gasteiger partial charge in [0.2, 0.25) is 0 Å². The van der Waals surface area contributed by atoms with E-state index in [1.165, 1.54) is 12.0 Å². The minimum Gasteiger partial charge on any atom is -0.375 e. The van der Waals surface area contributed by atoms with E-state index in [1.807, 2.05) is 25.2 Å². The molecule has 1 N–H and O–H groups in total. The van der Waals surface area contributed by atoms with Crippen molar-refractivity contribution >= 4 is 28.2 Å². The number of halogens is 1. The molecule has 1 aromatic heterocycles. The third-order valence-corrected chi connectivity index (χ3v) is 5.91. The molecule has 0 radical (unpaired) electrons. The van der Waals surface area contributed by atoms with Crippen LogP contribution in [-0.2, 0) is 12.6 Å². The van der Waals surface area contributed by atoms with Crippen LogP contribution in [0.5, 0.6) is 0 Å². The van der Waals surface area contributed by atoms with Crippen LogP contribution >= 0.6 is 11.6 Å². The molecule has 1 heterocycles. The molecule has 0 amide bonds. The maximum atomic E-state index is 11.9. The molecule has 0 spiro atoms. The van der Waals surface area contributed by atoms with Crippen LogP contribution in [0.4, 0.5) is 5.69 Å². The van der Waals surface area contributed by atoms with Crippen LogP contribution in [0, 0.1) is 6.92 Å². The van der Waals surface area contributed by atoms with Crippen LogP contribution in [-0.4, -0.2) is 4.57 Å². The first kappa shape index (κ1) is 16.2. The van der Waals surface area contributed by atoms with Crippen LogP contribution in [0.2, 0.25) is 5.02 Å². The number of nitrogens with one attached hydrogen (secondary N) is 1. The van der Waals surface area contributed by atoms with Crippen LogP contribution in [0.25, 0.3) is 10.9 Å². The number of anilines is 1. The van der Waals surface area contributed by atoms with Gasteiger partial charge >= 0.3 is 0 Å². The number of fused-ring (bicyclic) bond motifs is 1. The average Bonchev–Trinajstić information content (AvgIpc) is 2.58. The fourth-order valence-corrected chi connectivity index (χ4v) is 4.01. The molecule has 0 unspecified atom stereocenters. The fourth-order valence-electron chi connectivity index (χ4n) is 3.84. The SMILES string of the molecule is Cc1c(Cl)cccc1C1(Nc2ccc3ccc(=O)n(C)c3c2)CCC1. The molecular formula is C21H21ClN2O. The Bertz CT molecular complexity index is 1020. The molecule has 1 aliphatic carbocycles. The van der Waals surface area contributed by atoms with Crippen molar-refractivity contribution in [2.75, 3.05) is 5.32 Å². The van der Waals surface area contributed by atoms with E-state index >= 15 is 0 Å². The molecule has 0 bridgehead atoms. The Morgan fingerprint density at radius 2 is 1.88 bits per heavy atom. The zero-order valence-electron chi connectivity index (χ0n) is 14.5. The Morgan fingerprint density at radius 3 is 2.60 bits per heavy atom. The van der Waals surface area contributed by atoms with Crippen molar-refractivity contribution in [2.24, 2.45) is 7.05 Å². The molecule has 1 saturated carbocycles. The molecular weight excluding hydrogens is 332 g/mol. The summed E-state index contributed by atoms with van der Waals surface area (Å²) >= 11 is 6.35. The Labute approximate surface area is 152 Å². The maximum Gasteiger partial charge on any atom is 0.250 e. The van der Waals surface area contributed by atoms with E-state index in [2.05, 4.69) is 36.5 Å². The number of hydrogen-bond donors (Lipinski definition) is 1. The summed E-state index contributed by atoms with van der Waals surface area (Å²) in [6.07, 6.45) is 3.37. The molecule has 1 aliphatic rings. The lowest BCUT2D eigenvalue weighted by molar-refractivity contribution is 0.283. The number of hydrogen-bond acceptors (Lipinski definition) is 2. The molecule has 25 heavy (non-hydrogen) atoms. The summed E-state index contributed by atoms with van der Waals surface area (Å²) in [4.78, 5) is 11.9. The summed E-state index contributed by atoms with van der Waals surface area (Å²) < 4.78 is 1.69.